The Morgan fingerprint density at radius 3 is 2.71 bits per heavy atom. The molecule has 1 amide bonds. The minimum absolute atomic E-state index is 0.0527. The SMILES string of the molecule is O=C(N[C@@H]1CCCc2ccccc21)C(Cl)(Cl)Cl. The molecule has 2 rings (SSSR count). The van der Waals surface area contributed by atoms with Crippen molar-refractivity contribution < 1.29 is 4.79 Å². The van der Waals surface area contributed by atoms with E-state index in [2.05, 4.69) is 11.4 Å². The van der Waals surface area contributed by atoms with Crippen molar-refractivity contribution in [2.24, 2.45) is 0 Å². The van der Waals surface area contributed by atoms with Crippen LogP contribution >= 0.6 is 34.8 Å². The third kappa shape index (κ3) is 3.06. The summed E-state index contributed by atoms with van der Waals surface area (Å²) in [4.78, 5) is 11.6. The maximum Gasteiger partial charge on any atom is 0.272 e. The van der Waals surface area contributed by atoms with Gasteiger partial charge in [0.2, 0.25) is 0 Å². The standard InChI is InChI=1S/C12H12Cl3NO/c13-12(14,15)11(17)16-10-7-3-5-8-4-1-2-6-9(8)10/h1-2,4,6,10H,3,5,7H2,(H,16,17)/t10-/m1/s1. The first-order valence-electron chi connectivity index (χ1n) is 5.44. The Labute approximate surface area is 115 Å². The number of hydrogen-bond acceptors (Lipinski definition) is 1. The van der Waals surface area contributed by atoms with E-state index in [9.17, 15) is 4.79 Å². The summed E-state index contributed by atoms with van der Waals surface area (Å²) in [7, 11) is 0. The predicted molar refractivity (Wildman–Crippen MR) is 70.6 cm³/mol. The zero-order chi connectivity index (χ0) is 12.5. The van der Waals surface area contributed by atoms with Crippen molar-refractivity contribution in [3.8, 4) is 0 Å². The van der Waals surface area contributed by atoms with E-state index < -0.39 is 9.70 Å². The maximum atomic E-state index is 11.6. The Morgan fingerprint density at radius 1 is 1.29 bits per heavy atom. The highest BCUT2D eigenvalue weighted by Gasteiger charge is 2.33. The second kappa shape index (κ2) is 5.05. The highest BCUT2D eigenvalue weighted by Crippen LogP contribution is 2.32. The molecule has 0 heterocycles. The van der Waals surface area contributed by atoms with Gasteiger partial charge in [-0.2, -0.15) is 0 Å². The lowest BCUT2D eigenvalue weighted by atomic mass is 9.88. The zero-order valence-electron chi connectivity index (χ0n) is 9.05. The molecule has 1 aliphatic carbocycles. The fourth-order valence-corrected chi connectivity index (χ4v) is 2.31. The first kappa shape index (κ1) is 13.0. The molecule has 1 aromatic carbocycles. The second-order valence-corrected chi connectivity index (χ2v) is 6.40. The van der Waals surface area contributed by atoms with Crippen molar-refractivity contribution in [2.75, 3.05) is 0 Å². The molecule has 1 N–H and O–H groups in total. The summed E-state index contributed by atoms with van der Waals surface area (Å²) in [6.45, 7) is 0. The molecular formula is C12H12Cl3NO. The summed E-state index contributed by atoms with van der Waals surface area (Å²) < 4.78 is -1.90. The Hall–Kier alpha value is -0.440. The van der Waals surface area contributed by atoms with E-state index in [-0.39, 0.29) is 6.04 Å². The average molecular weight is 293 g/mol. The van der Waals surface area contributed by atoms with Gasteiger partial charge in [0.1, 0.15) is 0 Å². The van der Waals surface area contributed by atoms with E-state index in [1.54, 1.807) is 0 Å². The molecular weight excluding hydrogens is 280 g/mol. The molecule has 92 valence electrons. The van der Waals surface area contributed by atoms with Crippen molar-refractivity contribution in [3.63, 3.8) is 0 Å². The third-order valence-corrected chi connectivity index (χ3v) is 3.45. The van der Waals surface area contributed by atoms with E-state index in [0.717, 1.165) is 24.8 Å². The minimum atomic E-state index is -1.90. The van der Waals surface area contributed by atoms with Gasteiger partial charge < -0.3 is 5.32 Å². The first-order valence-corrected chi connectivity index (χ1v) is 6.57. The van der Waals surface area contributed by atoms with Crippen molar-refractivity contribution in [1.82, 2.24) is 5.32 Å². The van der Waals surface area contributed by atoms with Gasteiger partial charge in [0.15, 0.2) is 0 Å². The molecule has 0 fully saturated rings. The van der Waals surface area contributed by atoms with E-state index in [1.807, 2.05) is 18.2 Å². The Balaban J connectivity index is 2.17. The number of amides is 1. The van der Waals surface area contributed by atoms with E-state index >= 15 is 0 Å². The molecule has 0 aliphatic heterocycles. The monoisotopic (exact) mass is 291 g/mol. The Bertz CT molecular complexity index is 428. The second-order valence-electron chi connectivity index (χ2n) is 4.11. The van der Waals surface area contributed by atoms with Crippen LogP contribution < -0.4 is 5.32 Å². The molecule has 0 bridgehead atoms. The van der Waals surface area contributed by atoms with Crippen molar-refractivity contribution in [3.05, 3.63) is 35.4 Å². The summed E-state index contributed by atoms with van der Waals surface area (Å²) in [5, 5.41) is 2.78. The van der Waals surface area contributed by atoms with Crippen LogP contribution in [0.15, 0.2) is 24.3 Å². The topological polar surface area (TPSA) is 29.1 Å². The molecule has 5 heteroatoms. The molecule has 0 unspecified atom stereocenters. The van der Waals surface area contributed by atoms with E-state index in [0.29, 0.717) is 0 Å². The number of rotatable bonds is 1. The van der Waals surface area contributed by atoms with Crippen molar-refractivity contribution in [2.45, 2.75) is 29.1 Å². The number of alkyl halides is 3. The lowest BCUT2D eigenvalue weighted by molar-refractivity contribution is -0.121. The molecule has 1 atom stereocenters. The summed E-state index contributed by atoms with van der Waals surface area (Å²) in [6.07, 6.45) is 2.95. The van der Waals surface area contributed by atoms with E-state index in [1.165, 1.54) is 5.56 Å². The molecule has 1 aliphatic rings. The van der Waals surface area contributed by atoms with Gasteiger partial charge in [0.25, 0.3) is 9.70 Å². The van der Waals surface area contributed by atoms with Gasteiger partial charge in [0.05, 0.1) is 6.04 Å². The Kier molecular flexibility index (Phi) is 3.86. The van der Waals surface area contributed by atoms with Gasteiger partial charge in [-0.05, 0) is 30.4 Å². The molecule has 0 radical (unpaired) electrons. The molecule has 0 saturated heterocycles. The van der Waals surface area contributed by atoms with Crippen molar-refractivity contribution in [1.29, 1.82) is 0 Å². The number of aryl methyl sites for hydroxylation is 1. The Morgan fingerprint density at radius 2 is 2.00 bits per heavy atom. The predicted octanol–water partition coefficient (Wildman–Crippen LogP) is 3.55. The van der Waals surface area contributed by atoms with Crippen LogP contribution in [0.3, 0.4) is 0 Å². The zero-order valence-corrected chi connectivity index (χ0v) is 11.3. The number of nitrogens with one attached hydrogen (secondary N) is 1. The van der Waals surface area contributed by atoms with Crippen LogP contribution in [0, 0.1) is 0 Å². The number of carbonyl (C=O) groups is 1. The summed E-state index contributed by atoms with van der Waals surface area (Å²) >= 11 is 16.6. The van der Waals surface area contributed by atoms with Gasteiger partial charge in [-0.25, -0.2) is 0 Å². The number of benzene rings is 1. The third-order valence-electron chi connectivity index (χ3n) is 2.93. The maximum absolute atomic E-state index is 11.6. The largest absolute Gasteiger partial charge is 0.346 e. The number of fused-ring (bicyclic) bond motifs is 1. The number of carbonyl (C=O) groups excluding carboxylic acids is 1. The number of hydrogen-bond donors (Lipinski definition) is 1. The van der Waals surface area contributed by atoms with Gasteiger partial charge in [0, 0.05) is 0 Å². The summed E-state index contributed by atoms with van der Waals surface area (Å²) in [5.74, 6) is -0.566. The summed E-state index contributed by atoms with van der Waals surface area (Å²) in [6, 6.07) is 7.99. The van der Waals surface area contributed by atoms with Crippen LogP contribution in [0.4, 0.5) is 0 Å². The van der Waals surface area contributed by atoms with Crippen LogP contribution in [0.25, 0.3) is 0 Å². The van der Waals surface area contributed by atoms with Crippen LogP contribution in [0.1, 0.15) is 30.0 Å². The molecule has 0 spiro atoms. The van der Waals surface area contributed by atoms with Gasteiger partial charge >= 0.3 is 0 Å². The molecule has 17 heavy (non-hydrogen) atoms. The number of halogens is 3. The molecule has 0 saturated carbocycles. The molecule has 0 aromatic heterocycles. The fraction of sp³-hybridized carbons (Fsp3) is 0.417. The van der Waals surface area contributed by atoms with Gasteiger partial charge in [-0.15, -0.1) is 0 Å². The lowest BCUT2D eigenvalue weighted by Gasteiger charge is -2.27. The van der Waals surface area contributed by atoms with E-state index in [4.69, 9.17) is 34.8 Å². The fourth-order valence-electron chi connectivity index (χ4n) is 2.14. The highest BCUT2D eigenvalue weighted by atomic mass is 35.6. The smallest absolute Gasteiger partial charge is 0.272 e. The van der Waals surface area contributed by atoms with Crippen molar-refractivity contribution >= 4 is 40.7 Å². The molecule has 1 aromatic rings. The minimum Gasteiger partial charge on any atom is -0.346 e. The quantitative estimate of drug-likeness (QED) is 0.788. The van der Waals surface area contributed by atoms with Gasteiger partial charge in [-0.1, -0.05) is 59.1 Å². The first-order chi connectivity index (χ1) is 7.98. The molecule has 2 nitrogen and oxygen atoms in total. The normalized spacial score (nSPS) is 19.6. The lowest BCUT2D eigenvalue weighted by Crippen LogP contribution is -2.38. The summed E-state index contributed by atoms with van der Waals surface area (Å²) in [5.41, 5.74) is 2.38. The van der Waals surface area contributed by atoms with Crippen LogP contribution in [0.2, 0.25) is 0 Å². The average Bonchev–Trinajstić information content (AvgIpc) is 2.28. The van der Waals surface area contributed by atoms with Crippen LogP contribution in [-0.4, -0.2) is 9.70 Å². The van der Waals surface area contributed by atoms with Gasteiger partial charge in [-0.3, -0.25) is 4.79 Å². The van der Waals surface area contributed by atoms with Crippen LogP contribution in [0.5, 0.6) is 0 Å². The highest BCUT2D eigenvalue weighted by molar-refractivity contribution is 6.76. The van der Waals surface area contributed by atoms with Crippen LogP contribution in [-0.2, 0) is 11.2 Å².